The topological polar surface area (TPSA) is 32.3 Å². The summed E-state index contributed by atoms with van der Waals surface area (Å²) in [6.45, 7) is 8.85. The molecule has 0 aliphatic rings. The minimum absolute atomic E-state index is 0.0598. The van der Waals surface area contributed by atoms with Crippen LogP contribution in [-0.2, 0) is 0 Å². The fraction of sp³-hybridized carbons (Fsp3) is 0.600. The SMILES string of the molecule is CC(NCC(O)CC(C)(C)C)c1ccc(F)cc1Br. The van der Waals surface area contributed by atoms with E-state index in [1.807, 2.05) is 6.92 Å². The number of halogens is 2. The van der Waals surface area contributed by atoms with Gasteiger partial charge in [0, 0.05) is 17.1 Å². The second-order valence-corrected chi connectivity index (χ2v) is 7.07. The summed E-state index contributed by atoms with van der Waals surface area (Å²) in [7, 11) is 0. The second kappa shape index (κ2) is 6.82. The first kappa shape index (κ1) is 16.6. The van der Waals surface area contributed by atoms with E-state index in [1.165, 1.54) is 12.1 Å². The van der Waals surface area contributed by atoms with Crippen LogP contribution in [-0.4, -0.2) is 17.8 Å². The van der Waals surface area contributed by atoms with Gasteiger partial charge in [-0.15, -0.1) is 0 Å². The summed E-state index contributed by atoms with van der Waals surface area (Å²) in [4.78, 5) is 0. The monoisotopic (exact) mass is 331 g/mol. The highest BCUT2D eigenvalue weighted by atomic mass is 79.9. The molecule has 4 heteroatoms. The fourth-order valence-electron chi connectivity index (χ4n) is 2.05. The Hall–Kier alpha value is -0.450. The number of hydrogen-bond donors (Lipinski definition) is 2. The molecule has 19 heavy (non-hydrogen) atoms. The number of benzene rings is 1. The highest BCUT2D eigenvalue weighted by Crippen LogP contribution is 2.25. The van der Waals surface area contributed by atoms with Gasteiger partial charge in [0.15, 0.2) is 0 Å². The van der Waals surface area contributed by atoms with Crippen molar-refractivity contribution in [2.75, 3.05) is 6.54 Å². The largest absolute Gasteiger partial charge is 0.392 e. The van der Waals surface area contributed by atoms with Crippen molar-refractivity contribution in [2.45, 2.75) is 46.3 Å². The number of rotatable bonds is 5. The number of nitrogens with one attached hydrogen (secondary N) is 1. The van der Waals surface area contributed by atoms with Crippen LogP contribution in [0.3, 0.4) is 0 Å². The molecular weight excluding hydrogens is 309 g/mol. The molecule has 0 aromatic heterocycles. The third-order valence-electron chi connectivity index (χ3n) is 2.94. The van der Waals surface area contributed by atoms with Gasteiger partial charge in [-0.25, -0.2) is 4.39 Å². The maximum atomic E-state index is 13.0. The van der Waals surface area contributed by atoms with Crippen LogP contribution in [0.5, 0.6) is 0 Å². The first-order valence-electron chi connectivity index (χ1n) is 6.55. The Bertz CT molecular complexity index is 417. The molecule has 2 nitrogen and oxygen atoms in total. The summed E-state index contributed by atoms with van der Waals surface area (Å²) >= 11 is 3.36. The molecule has 108 valence electrons. The van der Waals surface area contributed by atoms with Gasteiger partial charge in [-0.05, 0) is 36.5 Å². The van der Waals surface area contributed by atoms with Crippen molar-refractivity contribution < 1.29 is 9.50 Å². The smallest absolute Gasteiger partial charge is 0.124 e. The van der Waals surface area contributed by atoms with Gasteiger partial charge in [-0.2, -0.15) is 0 Å². The van der Waals surface area contributed by atoms with Crippen molar-refractivity contribution in [2.24, 2.45) is 5.41 Å². The molecule has 2 atom stereocenters. The van der Waals surface area contributed by atoms with Crippen LogP contribution in [0.15, 0.2) is 22.7 Å². The van der Waals surface area contributed by atoms with Crippen LogP contribution in [0, 0.1) is 11.2 Å². The summed E-state index contributed by atoms with van der Waals surface area (Å²) in [5, 5.41) is 13.2. The van der Waals surface area contributed by atoms with Gasteiger partial charge in [0.2, 0.25) is 0 Å². The molecule has 0 spiro atoms. The van der Waals surface area contributed by atoms with Gasteiger partial charge in [-0.1, -0.05) is 42.8 Å². The molecular formula is C15H23BrFNO. The summed E-state index contributed by atoms with van der Waals surface area (Å²) in [5.41, 5.74) is 1.10. The first-order chi connectivity index (χ1) is 8.69. The summed E-state index contributed by atoms with van der Waals surface area (Å²) in [6.07, 6.45) is 0.374. The van der Waals surface area contributed by atoms with Gasteiger partial charge in [0.1, 0.15) is 5.82 Å². The lowest BCUT2D eigenvalue weighted by Crippen LogP contribution is -2.31. The van der Waals surface area contributed by atoms with Crippen LogP contribution in [0.2, 0.25) is 0 Å². The second-order valence-electron chi connectivity index (χ2n) is 6.21. The van der Waals surface area contributed by atoms with E-state index in [2.05, 4.69) is 42.0 Å². The van der Waals surface area contributed by atoms with Crippen molar-refractivity contribution in [3.05, 3.63) is 34.1 Å². The zero-order valence-electron chi connectivity index (χ0n) is 12.0. The average Bonchev–Trinajstić information content (AvgIpc) is 2.23. The Morgan fingerprint density at radius 2 is 2.00 bits per heavy atom. The zero-order chi connectivity index (χ0) is 14.6. The van der Waals surface area contributed by atoms with Gasteiger partial charge >= 0.3 is 0 Å². The lowest BCUT2D eigenvalue weighted by Gasteiger charge is -2.24. The molecule has 0 saturated carbocycles. The van der Waals surface area contributed by atoms with Crippen molar-refractivity contribution in [3.63, 3.8) is 0 Å². The van der Waals surface area contributed by atoms with Crippen LogP contribution < -0.4 is 5.32 Å². The predicted molar refractivity (Wildman–Crippen MR) is 80.6 cm³/mol. The van der Waals surface area contributed by atoms with Crippen molar-refractivity contribution >= 4 is 15.9 Å². The number of aliphatic hydroxyl groups excluding tert-OH is 1. The quantitative estimate of drug-likeness (QED) is 0.853. The summed E-state index contributed by atoms with van der Waals surface area (Å²) in [6, 6.07) is 4.72. The Kier molecular flexibility index (Phi) is 5.96. The Morgan fingerprint density at radius 1 is 1.37 bits per heavy atom. The minimum Gasteiger partial charge on any atom is -0.392 e. The van der Waals surface area contributed by atoms with E-state index >= 15 is 0 Å². The third kappa shape index (κ3) is 6.02. The number of hydrogen-bond acceptors (Lipinski definition) is 2. The lowest BCUT2D eigenvalue weighted by atomic mass is 9.89. The van der Waals surface area contributed by atoms with Gasteiger partial charge in [-0.3, -0.25) is 0 Å². The molecule has 0 radical (unpaired) electrons. The molecule has 0 heterocycles. The van der Waals surface area contributed by atoms with E-state index < -0.39 is 0 Å². The van der Waals surface area contributed by atoms with Crippen molar-refractivity contribution in [3.8, 4) is 0 Å². The van der Waals surface area contributed by atoms with Crippen LogP contribution in [0.1, 0.15) is 45.7 Å². The third-order valence-corrected chi connectivity index (χ3v) is 3.62. The standard InChI is InChI=1S/C15H23BrFNO/c1-10(13-6-5-11(17)7-14(13)16)18-9-12(19)8-15(2,3)4/h5-7,10,12,18-19H,8-9H2,1-4H3. The molecule has 0 fully saturated rings. The Morgan fingerprint density at radius 3 is 2.53 bits per heavy atom. The molecule has 0 saturated heterocycles. The fourth-order valence-corrected chi connectivity index (χ4v) is 2.75. The predicted octanol–water partition coefficient (Wildman–Crippen LogP) is 4.04. The number of aliphatic hydroxyl groups is 1. The molecule has 2 N–H and O–H groups in total. The van der Waals surface area contributed by atoms with E-state index in [0.717, 1.165) is 16.5 Å². The van der Waals surface area contributed by atoms with Crippen LogP contribution in [0.25, 0.3) is 0 Å². The summed E-state index contributed by atoms with van der Waals surface area (Å²) in [5.74, 6) is -0.254. The lowest BCUT2D eigenvalue weighted by molar-refractivity contribution is 0.117. The first-order valence-corrected chi connectivity index (χ1v) is 7.35. The maximum Gasteiger partial charge on any atom is 0.124 e. The molecule has 0 aliphatic carbocycles. The summed E-state index contributed by atoms with van der Waals surface area (Å²) < 4.78 is 13.8. The Labute approximate surface area is 123 Å². The van der Waals surface area contributed by atoms with Crippen LogP contribution in [0.4, 0.5) is 4.39 Å². The minimum atomic E-state index is -0.373. The molecule has 1 rings (SSSR count). The molecule has 0 bridgehead atoms. The van der Waals surface area contributed by atoms with E-state index in [0.29, 0.717) is 6.54 Å². The van der Waals surface area contributed by atoms with Crippen molar-refractivity contribution in [1.82, 2.24) is 5.32 Å². The van der Waals surface area contributed by atoms with Gasteiger partial charge in [0.25, 0.3) is 0 Å². The van der Waals surface area contributed by atoms with Gasteiger partial charge < -0.3 is 10.4 Å². The van der Waals surface area contributed by atoms with E-state index in [9.17, 15) is 9.50 Å². The van der Waals surface area contributed by atoms with E-state index in [-0.39, 0.29) is 23.4 Å². The van der Waals surface area contributed by atoms with E-state index in [1.54, 1.807) is 6.07 Å². The highest BCUT2D eigenvalue weighted by Gasteiger charge is 2.18. The Balaban J connectivity index is 2.53. The molecule has 0 amide bonds. The highest BCUT2D eigenvalue weighted by molar-refractivity contribution is 9.10. The zero-order valence-corrected chi connectivity index (χ0v) is 13.6. The van der Waals surface area contributed by atoms with Gasteiger partial charge in [0.05, 0.1) is 6.10 Å². The van der Waals surface area contributed by atoms with Crippen molar-refractivity contribution in [1.29, 1.82) is 0 Å². The van der Waals surface area contributed by atoms with Crippen LogP contribution >= 0.6 is 15.9 Å². The van der Waals surface area contributed by atoms with E-state index in [4.69, 9.17) is 0 Å². The molecule has 1 aromatic carbocycles. The normalized spacial score (nSPS) is 15.3. The molecule has 2 unspecified atom stereocenters. The maximum absolute atomic E-state index is 13.0. The molecule has 1 aromatic rings. The molecule has 0 aliphatic heterocycles. The average molecular weight is 332 g/mol.